The van der Waals surface area contributed by atoms with Gasteiger partial charge >= 0.3 is 0 Å². The molecule has 1 aromatic heterocycles. The Morgan fingerprint density at radius 1 is 1.17 bits per heavy atom. The Balaban J connectivity index is 2.17. The maximum atomic E-state index is 5.58. The van der Waals surface area contributed by atoms with Gasteiger partial charge in [0.05, 0.1) is 6.26 Å². The van der Waals surface area contributed by atoms with E-state index in [9.17, 15) is 0 Å². The number of benzene rings is 1. The van der Waals surface area contributed by atoms with Crippen molar-refractivity contribution in [3.8, 4) is 0 Å². The first-order valence-corrected chi connectivity index (χ1v) is 8.19. The summed E-state index contributed by atoms with van der Waals surface area (Å²) in [6.07, 6.45) is 1.66. The van der Waals surface area contributed by atoms with Crippen LogP contribution in [0.3, 0.4) is 0 Å². The zero-order valence-electron chi connectivity index (χ0n) is 14.5. The Labute approximate surface area is 138 Å². The molecule has 23 heavy (non-hydrogen) atoms. The Kier molecular flexibility index (Phi) is 6.41. The van der Waals surface area contributed by atoms with E-state index in [1.54, 1.807) is 6.26 Å². The maximum Gasteiger partial charge on any atom is 0.156 e. The second-order valence-corrected chi connectivity index (χ2v) is 5.60. The summed E-state index contributed by atoms with van der Waals surface area (Å²) >= 11 is 0. The van der Waals surface area contributed by atoms with Crippen molar-refractivity contribution in [2.45, 2.75) is 27.7 Å². The van der Waals surface area contributed by atoms with Crippen LogP contribution in [0.1, 0.15) is 36.3 Å². The molecule has 0 saturated carbocycles. The number of hydrogen-bond acceptors (Lipinski definition) is 4. The molecule has 124 valence electrons. The summed E-state index contributed by atoms with van der Waals surface area (Å²) < 4.78 is 5.53. The highest BCUT2D eigenvalue weighted by Gasteiger charge is 2.13. The molecule has 1 heterocycles. The van der Waals surface area contributed by atoms with Crippen molar-refractivity contribution < 1.29 is 9.25 Å². The predicted octanol–water partition coefficient (Wildman–Crippen LogP) is 4.01. The van der Waals surface area contributed by atoms with Gasteiger partial charge in [-0.05, 0) is 44.6 Å². The molecule has 0 N–H and O–H groups in total. The van der Waals surface area contributed by atoms with Crippen LogP contribution in [0.25, 0.3) is 0 Å². The average molecular weight is 314 g/mol. The zero-order valence-corrected chi connectivity index (χ0v) is 14.5. The molecule has 2 aromatic rings. The number of furan rings is 1. The van der Waals surface area contributed by atoms with Crippen LogP contribution in [0.2, 0.25) is 0 Å². The fourth-order valence-corrected chi connectivity index (χ4v) is 2.54. The summed E-state index contributed by atoms with van der Waals surface area (Å²) in [7, 11) is 0. The average Bonchev–Trinajstić information content (AvgIpc) is 3.06. The molecular formula is C19H26N2O2. The number of aryl methyl sites for hydroxylation is 2. The van der Waals surface area contributed by atoms with Gasteiger partial charge in [-0.15, -0.1) is 0 Å². The molecule has 0 atom stereocenters. The lowest BCUT2D eigenvalue weighted by Gasteiger charge is -2.16. The van der Waals surface area contributed by atoms with Gasteiger partial charge in [0, 0.05) is 12.1 Å². The van der Waals surface area contributed by atoms with Crippen molar-refractivity contribution in [2.75, 3.05) is 26.2 Å². The first-order chi connectivity index (χ1) is 11.2. The van der Waals surface area contributed by atoms with Crippen LogP contribution in [0.4, 0.5) is 0 Å². The normalized spacial score (nSPS) is 12.0. The highest BCUT2D eigenvalue weighted by molar-refractivity contribution is 6.11. The molecule has 0 unspecified atom stereocenters. The van der Waals surface area contributed by atoms with Crippen LogP contribution in [0, 0.1) is 13.8 Å². The summed E-state index contributed by atoms with van der Waals surface area (Å²) in [6.45, 7) is 11.9. The van der Waals surface area contributed by atoms with Gasteiger partial charge in [-0.2, -0.15) is 0 Å². The van der Waals surface area contributed by atoms with Gasteiger partial charge in [-0.25, -0.2) is 0 Å². The molecule has 0 saturated heterocycles. The van der Waals surface area contributed by atoms with E-state index in [-0.39, 0.29) is 0 Å². The molecule has 4 nitrogen and oxygen atoms in total. The molecule has 0 aliphatic heterocycles. The Bertz CT molecular complexity index is 629. The topological polar surface area (TPSA) is 38.0 Å². The summed E-state index contributed by atoms with van der Waals surface area (Å²) in [6, 6.07) is 10.1. The Morgan fingerprint density at radius 3 is 2.57 bits per heavy atom. The number of rotatable bonds is 8. The van der Waals surface area contributed by atoms with Crippen LogP contribution in [-0.4, -0.2) is 36.9 Å². The smallest absolute Gasteiger partial charge is 0.156 e. The highest BCUT2D eigenvalue weighted by atomic mass is 16.6. The van der Waals surface area contributed by atoms with Crippen molar-refractivity contribution in [2.24, 2.45) is 5.16 Å². The number of hydrogen-bond donors (Lipinski definition) is 0. The van der Waals surface area contributed by atoms with Gasteiger partial charge in [0.2, 0.25) is 0 Å². The third-order valence-electron chi connectivity index (χ3n) is 3.94. The van der Waals surface area contributed by atoms with Crippen LogP contribution < -0.4 is 0 Å². The fourth-order valence-electron chi connectivity index (χ4n) is 2.54. The standard InChI is InChI=1S/C19H26N2O2/c1-5-21(6-2)11-13-23-20-19(18-8-7-12-22-18)17-10-9-15(3)14-16(17)4/h7-10,12,14H,5-6,11,13H2,1-4H3. The largest absolute Gasteiger partial charge is 0.463 e. The molecular weight excluding hydrogens is 288 g/mol. The van der Waals surface area contributed by atoms with Gasteiger partial charge in [-0.3, -0.25) is 0 Å². The molecule has 0 fully saturated rings. The quantitative estimate of drug-likeness (QED) is 0.420. The van der Waals surface area contributed by atoms with Gasteiger partial charge < -0.3 is 14.2 Å². The lowest BCUT2D eigenvalue weighted by atomic mass is 10.0. The van der Waals surface area contributed by atoms with Crippen LogP contribution in [0.5, 0.6) is 0 Å². The first-order valence-electron chi connectivity index (χ1n) is 8.19. The van der Waals surface area contributed by atoms with E-state index in [2.05, 4.69) is 55.9 Å². The first kappa shape index (κ1) is 17.3. The van der Waals surface area contributed by atoms with Gasteiger partial charge in [0.1, 0.15) is 6.61 Å². The summed E-state index contributed by atoms with van der Waals surface area (Å²) in [5.74, 6) is 0.722. The van der Waals surface area contributed by atoms with Crippen LogP contribution >= 0.6 is 0 Å². The lowest BCUT2D eigenvalue weighted by molar-refractivity contribution is 0.114. The second-order valence-electron chi connectivity index (χ2n) is 5.60. The van der Waals surface area contributed by atoms with Gasteiger partial charge in [0.25, 0.3) is 0 Å². The lowest BCUT2D eigenvalue weighted by Crippen LogP contribution is -2.26. The Hall–Kier alpha value is -2.07. The van der Waals surface area contributed by atoms with E-state index in [0.717, 1.165) is 42.2 Å². The number of oxime groups is 1. The van der Waals surface area contributed by atoms with Gasteiger partial charge in [-0.1, -0.05) is 42.8 Å². The minimum Gasteiger partial charge on any atom is -0.463 e. The minimum atomic E-state index is 0.566. The molecule has 0 bridgehead atoms. The molecule has 2 rings (SSSR count). The monoisotopic (exact) mass is 314 g/mol. The van der Waals surface area contributed by atoms with E-state index in [1.807, 2.05) is 12.1 Å². The molecule has 0 spiro atoms. The van der Waals surface area contributed by atoms with Crippen molar-refractivity contribution >= 4 is 5.71 Å². The Morgan fingerprint density at radius 2 is 1.96 bits per heavy atom. The molecule has 1 aromatic carbocycles. The van der Waals surface area contributed by atoms with Crippen molar-refractivity contribution in [1.29, 1.82) is 0 Å². The van der Waals surface area contributed by atoms with E-state index < -0.39 is 0 Å². The molecule has 0 aliphatic carbocycles. The minimum absolute atomic E-state index is 0.566. The SMILES string of the molecule is CCN(CC)CCON=C(c1ccco1)c1ccc(C)cc1C. The van der Waals surface area contributed by atoms with Crippen LogP contribution in [0.15, 0.2) is 46.2 Å². The van der Waals surface area contributed by atoms with E-state index in [4.69, 9.17) is 9.25 Å². The molecule has 0 amide bonds. The van der Waals surface area contributed by atoms with E-state index in [1.165, 1.54) is 5.56 Å². The maximum absolute atomic E-state index is 5.58. The van der Waals surface area contributed by atoms with E-state index in [0.29, 0.717) is 6.61 Å². The highest BCUT2D eigenvalue weighted by Crippen LogP contribution is 2.17. The van der Waals surface area contributed by atoms with Crippen molar-refractivity contribution in [3.63, 3.8) is 0 Å². The number of likely N-dealkylation sites (N-methyl/N-ethyl adjacent to an activating group) is 1. The van der Waals surface area contributed by atoms with E-state index >= 15 is 0 Å². The van der Waals surface area contributed by atoms with Gasteiger partial charge in [0.15, 0.2) is 11.5 Å². The predicted molar refractivity (Wildman–Crippen MR) is 94.0 cm³/mol. The summed E-state index contributed by atoms with van der Waals surface area (Å²) in [5, 5.41) is 4.36. The van der Waals surface area contributed by atoms with Crippen LogP contribution in [-0.2, 0) is 4.84 Å². The second kappa shape index (κ2) is 8.53. The van der Waals surface area contributed by atoms with Crippen molar-refractivity contribution in [1.82, 2.24) is 4.90 Å². The molecule has 0 radical (unpaired) electrons. The zero-order chi connectivity index (χ0) is 16.7. The molecule has 0 aliphatic rings. The fraction of sp³-hybridized carbons (Fsp3) is 0.421. The third kappa shape index (κ3) is 4.70. The van der Waals surface area contributed by atoms with Crippen molar-refractivity contribution in [3.05, 3.63) is 59.0 Å². The summed E-state index contributed by atoms with van der Waals surface area (Å²) in [4.78, 5) is 7.88. The summed E-state index contributed by atoms with van der Waals surface area (Å²) in [5.41, 5.74) is 4.17. The molecule has 4 heteroatoms. The number of nitrogens with zero attached hydrogens (tertiary/aromatic N) is 2. The third-order valence-corrected chi connectivity index (χ3v) is 3.94.